The van der Waals surface area contributed by atoms with E-state index in [2.05, 4.69) is 70.4 Å². The van der Waals surface area contributed by atoms with Crippen LogP contribution in [0.4, 0.5) is 5.95 Å². The fourth-order valence-corrected chi connectivity index (χ4v) is 2.47. The lowest BCUT2D eigenvalue weighted by molar-refractivity contribution is 0.585. The molecule has 0 aliphatic carbocycles. The molecule has 1 aromatic heterocycles. The van der Waals surface area contributed by atoms with E-state index in [9.17, 15) is 0 Å². The zero-order valence-electron chi connectivity index (χ0n) is 10.2. The van der Waals surface area contributed by atoms with Crippen molar-refractivity contribution in [2.75, 3.05) is 12.0 Å². The summed E-state index contributed by atoms with van der Waals surface area (Å²) in [6.07, 6.45) is 2.12. The molecule has 0 unspecified atom stereocenters. The zero-order chi connectivity index (χ0) is 12.6. The standard InChI is InChI=1S/C12H16IN3S/c1-12(2,17-3)7-16-10-5-4-8(13)6-9(10)15-11(16)14/h4-6H,7H2,1-3H3,(H2,14,15). The Morgan fingerprint density at radius 1 is 1.47 bits per heavy atom. The van der Waals surface area contributed by atoms with E-state index in [-0.39, 0.29) is 4.75 Å². The predicted molar refractivity (Wildman–Crippen MR) is 84.5 cm³/mol. The van der Waals surface area contributed by atoms with Crippen LogP contribution in [0.1, 0.15) is 13.8 Å². The lowest BCUT2D eigenvalue weighted by Gasteiger charge is -2.23. The second-order valence-corrected chi connectivity index (χ2v) is 7.41. The van der Waals surface area contributed by atoms with Crippen molar-refractivity contribution in [3.63, 3.8) is 0 Å². The molecule has 1 heterocycles. The number of nitrogens with zero attached hydrogens (tertiary/aromatic N) is 2. The number of fused-ring (bicyclic) bond motifs is 1. The minimum absolute atomic E-state index is 0.157. The molecule has 0 fully saturated rings. The first-order valence-electron chi connectivity index (χ1n) is 5.39. The Labute approximate surface area is 119 Å². The van der Waals surface area contributed by atoms with E-state index in [1.54, 1.807) is 0 Å². The number of anilines is 1. The van der Waals surface area contributed by atoms with E-state index >= 15 is 0 Å². The van der Waals surface area contributed by atoms with E-state index in [0.717, 1.165) is 17.6 Å². The molecule has 2 aromatic rings. The largest absolute Gasteiger partial charge is 0.369 e. The van der Waals surface area contributed by atoms with Crippen LogP contribution in [-0.2, 0) is 6.54 Å². The van der Waals surface area contributed by atoms with Crippen molar-refractivity contribution in [3.8, 4) is 0 Å². The molecular weight excluding hydrogens is 345 g/mol. The third-order valence-electron chi connectivity index (χ3n) is 2.83. The fourth-order valence-electron chi connectivity index (χ4n) is 1.73. The smallest absolute Gasteiger partial charge is 0.201 e. The number of hydrogen-bond donors (Lipinski definition) is 1. The minimum atomic E-state index is 0.157. The molecule has 0 saturated carbocycles. The van der Waals surface area contributed by atoms with Crippen molar-refractivity contribution >= 4 is 51.3 Å². The Kier molecular flexibility index (Phi) is 3.58. The SMILES string of the molecule is CSC(C)(C)Cn1c(N)nc2cc(I)ccc21. The van der Waals surface area contributed by atoms with Gasteiger partial charge in [0.05, 0.1) is 11.0 Å². The number of rotatable bonds is 3. The van der Waals surface area contributed by atoms with Gasteiger partial charge < -0.3 is 10.3 Å². The Morgan fingerprint density at radius 2 is 2.18 bits per heavy atom. The van der Waals surface area contributed by atoms with Crippen molar-refractivity contribution < 1.29 is 0 Å². The molecule has 0 atom stereocenters. The van der Waals surface area contributed by atoms with Gasteiger partial charge in [-0.15, -0.1) is 0 Å². The van der Waals surface area contributed by atoms with Crippen molar-refractivity contribution in [2.24, 2.45) is 0 Å². The van der Waals surface area contributed by atoms with Crippen LogP contribution in [0.3, 0.4) is 0 Å². The molecular formula is C12H16IN3S. The predicted octanol–water partition coefficient (Wildman–Crippen LogP) is 3.36. The van der Waals surface area contributed by atoms with Crippen LogP contribution in [0.25, 0.3) is 11.0 Å². The number of nitrogen functional groups attached to an aromatic ring is 1. The lowest BCUT2D eigenvalue weighted by Crippen LogP contribution is -2.23. The van der Waals surface area contributed by atoms with Gasteiger partial charge >= 0.3 is 0 Å². The number of halogens is 1. The average Bonchev–Trinajstić information content (AvgIpc) is 2.54. The van der Waals surface area contributed by atoms with Gasteiger partial charge in [0.25, 0.3) is 0 Å². The summed E-state index contributed by atoms with van der Waals surface area (Å²) in [7, 11) is 0. The summed E-state index contributed by atoms with van der Waals surface area (Å²) in [6, 6.07) is 6.25. The third-order valence-corrected chi connectivity index (χ3v) is 4.74. The first-order chi connectivity index (χ1) is 7.93. The normalized spacial score (nSPS) is 12.2. The van der Waals surface area contributed by atoms with Crippen LogP contribution in [0, 0.1) is 3.57 Å². The van der Waals surface area contributed by atoms with Gasteiger partial charge in [-0.1, -0.05) is 0 Å². The van der Waals surface area contributed by atoms with Gasteiger partial charge in [0.15, 0.2) is 0 Å². The van der Waals surface area contributed by atoms with Gasteiger partial charge in [-0.25, -0.2) is 4.98 Å². The number of hydrogen-bond acceptors (Lipinski definition) is 3. The molecule has 92 valence electrons. The highest BCUT2D eigenvalue weighted by Crippen LogP contribution is 2.28. The Bertz CT molecular complexity index is 548. The van der Waals surface area contributed by atoms with Gasteiger partial charge in [0.2, 0.25) is 5.95 Å². The highest BCUT2D eigenvalue weighted by atomic mass is 127. The molecule has 0 aliphatic heterocycles. The number of nitrogens with two attached hydrogens (primary N) is 1. The van der Waals surface area contributed by atoms with Crippen molar-refractivity contribution in [2.45, 2.75) is 25.1 Å². The molecule has 2 rings (SSSR count). The number of thioether (sulfide) groups is 1. The Morgan fingerprint density at radius 3 is 2.82 bits per heavy atom. The highest BCUT2D eigenvalue weighted by Gasteiger charge is 2.20. The molecule has 3 nitrogen and oxygen atoms in total. The van der Waals surface area contributed by atoms with Gasteiger partial charge in [0.1, 0.15) is 0 Å². The quantitative estimate of drug-likeness (QED) is 0.853. The monoisotopic (exact) mass is 361 g/mol. The summed E-state index contributed by atoms with van der Waals surface area (Å²) in [5.74, 6) is 0.601. The summed E-state index contributed by atoms with van der Waals surface area (Å²) >= 11 is 4.13. The summed E-state index contributed by atoms with van der Waals surface area (Å²) < 4.78 is 3.44. The molecule has 0 bridgehead atoms. The molecule has 0 spiro atoms. The van der Waals surface area contributed by atoms with E-state index in [1.165, 1.54) is 3.57 Å². The lowest BCUT2D eigenvalue weighted by atomic mass is 10.2. The Balaban J connectivity index is 2.50. The maximum Gasteiger partial charge on any atom is 0.201 e. The highest BCUT2D eigenvalue weighted by molar-refractivity contribution is 14.1. The van der Waals surface area contributed by atoms with Crippen LogP contribution in [0.2, 0.25) is 0 Å². The first-order valence-corrected chi connectivity index (χ1v) is 7.70. The van der Waals surface area contributed by atoms with E-state index in [0.29, 0.717) is 5.95 Å². The molecule has 0 aliphatic rings. The van der Waals surface area contributed by atoms with Gasteiger partial charge in [0, 0.05) is 14.9 Å². The van der Waals surface area contributed by atoms with Crippen LogP contribution in [-0.4, -0.2) is 20.6 Å². The summed E-state index contributed by atoms with van der Waals surface area (Å²) in [5.41, 5.74) is 8.10. The number of benzene rings is 1. The zero-order valence-corrected chi connectivity index (χ0v) is 13.2. The molecule has 0 amide bonds. The summed E-state index contributed by atoms with van der Waals surface area (Å²) in [4.78, 5) is 4.42. The van der Waals surface area contributed by atoms with E-state index in [4.69, 9.17) is 5.73 Å². The molecule has 5 heteroatoms. The van der Waals surface area contributed by atoms with Gasteiger partial charge in [-0.2, -0.15) is 11.8 Å². The van der Waals surface area contributed by atoms with E-state index in [1.807, 2.05) is 11.8 Å². The first kappa shape index (κ1) is 13.0. The summed E-state index contributed by atoms with van der Waals surface area (Å²) in [6.45, 7) is 5.31. The number of aromatic nitrogens is 2. The maximum absolute atomic E-state index is 6.01. The fraction of sp³-hybridized carbons (Fsp3) is 0.417. The maximum atomic E-state index is 6.01. The van der Waals surface area contributed by atoms with Gasteiger partial charge in [-0.3, -0.25) is 0 Å². The van der Waals surface area contributed by atoms with Gasteiger partial charge in [-0.05, 0) is 60.9 Å². The Hall–Kier alpha value is -0.430. The molecule has 1 aromatic carbocycles. The molecule has 0 radical (unpaired) electrons. The number of imidazole rings is 1. The van der Waals surface area contributed by atoms with Crippen LogP contribution < -0.4 is 5.73 Å². The second-order valence-electron chi connectivity index (χ2n) is 4.65. The third kappa shape index (κ3) is 2.70. The van der Waals surface area contributed by atoms with Crippen LogP contribution in [0.15, 0.2) is 18.2 Å². The van der Waals surface area contributed by atoms with Crippen molar-refractivity contribution in [1.29, 1.82) is 0 Å². The summed E-state index contributed by atoms with van der Waals surface area (Å²) in [5, 5.41) is 0. The minimum Gasteiger partial charge on any atom is -0.369 e. The topological polar surface area (TPSA) is 43.8 Å². The van der Waals surface area contributed by atoms with Crippen LogP contribution in [0.5, 0.6) is 0 Å². The molecule has 17 heavy (non-hydrogen) atoms. The molecule has 0 saturated heterocycles. The van der Waals surface area contributed by atoms with Crippen molar-refractivity contribution in [3.05, 3.63) is 21.8 Å². The molecule has 2 N–H and O–H groups in total. The van der Waals surface area contributed by atoms with Crippen molar-refractivity contribution in [1.82, 2.24) is 9.55 Å². The van der Waals surface area contributed by atoms with Crippen LogP contribution >= 0.6 is 34.4 Å². The average molecular weight is 361 g/mol. The van der Waals surface area contributed by atoms with E-state index < -0.39 is 0 Å². The second kappa shape index (κ2) is 4.68.